The smallest absolute Gasteiger partial charge is 0.463 e. The molecule has 0 aliphatic carbocycles. The molecule has 2 atom stereocenters. The van der Waals surface area contributed by atoms with Crippen LogP contribution in [-0.2, 0) is 27.9 Å². The Morgan fingerprint density at radius 2 is 0.900 bits per heavy atom. The van der Waals surface area contributed by atoms with Crippen LogP contribution >= 0.6 is 7.82 Å². The number of aliphatic hydroxyl groups is 1. The second-order valence-corrected chi connectivity index (χ2v) is 17.9. The number of hydrogen-bond acceptors (Lipinski definition) is 7. The summed E-state index contributed by atoms with van der Waals surface area (Å²) in [6.45, 7) is 3.52. The summed E-state index contributed by atoms with van der Waals surface area (Å²) in [7, 11) is -4.42. The molecule has 0 saturated heterocycles. The van der Waals surface area contributed by atoms with E-state index in [-0.39, 0.29) is 32.1 Å². The molecule has 9 nitrogen and oxygen atoms in total. The normalized spacial score (nSPS) is 13.6. The Morgan fingerprint density at radius 3 is 1.37 bits per heavy atom. The number of carbonyl (C=O) groups excluding carboxylic acids is 2. The monoisotopic (exact) mass is 866 g/mol. The molecule has 10 heteroatoms. The van der Waals surface area contributed by atoms with Crippen LogP contribution in [0.1, 0.15) is 226 Å². The first kappa shape index (κ1) is 58.0. The lowest BCUT2D eigenvalue weighted by Crippen LogP contribution is -2.27. The lowest BCUT2D eigenvalue weighted by molar-refractivity contribution is -0.147. The van der Waals surface area contributed by atoms with Gasteiger partial charge in [0, 0.05) is 19.4 Å². The molecule has 0 fully saturated rings. The molecule has 60 heavy (non-hydrogen) atoms. The standard InChI is InChI=1S/C50H92NO8P/c1-3-5-7-9-11-13-15-17-19-21-23-24-25-26-28-30-32-34-36-38-40-42-49(53)51-44-45-58-60(55,56)59-47-48(52)46-57-50(54)43-41-39-37-35-33-31-29-27-22-20-18-16-14-12-10-8-6-4-2/h11,13-14,16-17,19-20,22,48,52H,3-10,12,15,18,21,23-47H2,1-2H3,(H,51,53)(H,55,56)/b13-11-,16-14-,19-17-,22-20-. The van der Waals surface area contributed by atoms with Gasteiger partial charge in [0.15, 0.2) is 0 Å². The van der Waals surface area contributed by atoms with Crippen LogP contribution in [-0.4, -0.2) is 54.3 Å². The van der Waals surface area contributed by atoms with E-state index in [4.69, 9.17) is 13.8 Å². The van der Waals surface area contributed by atoms with E-state index in [0.717, 1.165) is 64.2 Å². The van der Waals surface area contributed by atoms with Gasteiger partial charge in [-0.05, 0) is 77.0 Å². The Labute approximate surface area is 368 Å². The Kier molecular flexibility index (Phi) is 44.9. The van der Waals surface area contributed by atoms with Gasteiger partial charge in [0.25, 0.3) is 0 Å². The van der Waals surface area contributed by atoms with Gasteiger partial charge in [0.1, 0.15) is 12.7 Å². The SMILES string of the molecule is CCCCC/C=C\C/C=C\CCCCCCCCCCCCCC(=O)NCCOP(=O)(O)OCC(O)COC(=O)CCCCCCCCC/C=C\C/C=C\CCCCCC. The topological polar surface area (TPSA) is 131 Å². The van der Waals surface area contributed by atoms with E-state index in [1.807, 2.05) is 0 Å². The van der Waals surface area contributed by atoms with Crippen LogP contribution in [0.3, 0.4) is 0 Å². The molecule has 0 aliphatic heterocycles. The third-order valence-electron chi connectivity index (χ3n) is 10.5. The van der Waals surface area contributed by atoms with Crippen LogP contribution in [0.25, 0.3) is 0 Å². The Bertz CT molecular complexity index is 1120. The van der Waals surface area contributed by atoms with Gasteiger partial charge in [0.2, 0.25) is 5.91 Å². The summed E-state index contributed by atoms with van der Waals surface area (Å²) >= 11 is 0. The highest BCUT2D eigenvalue weighted by molar-refractivity contribution is 7.47. The largest absolute Gasteiger partial charge is 0.472 e. The van der Waals surface area contributed by atoms with Gasteiger partial charge < -0.3 is 20.1 Å². The number of rotatable bonds is 46. The third-order valence-corrected chi connectivity index (χ3v) is 11.5. The van der Waals surface area contributed by atoms with Crippen molar-refractivity contribution in [1.82, 2.24) is 5.32 Å². The quantitative estimate of drug-likeness (QED) is 0.0239. The van der Waals surface area contributed by atoms with Gasteiger partial charge in [-0.2, -0.15) is 0 Å². The number of allylic oxidation sites excluding steroid dienone is 8. The Morgan fingerprint density at radius 1 is 0.517 bits per heavy atom. The van der Waals surface area contributed by atoms with E-state index in [1.165, 1.54) is 135 Å². The summed E-state index contributed by atoms with van der Waals surface area (Å²) in [6, 6.07) is 0. The van der Waals surface area contributed by atoms with E-state index in [1.54, 1.807) is 0 Å². The first-order valence-electron chi connectivity index (χ1n) is 24.6. The average Bonchev–Trinajstić information content (AvgIpc) is 3.23. The molecule has 0 aromatic heterocycles. The van der Waals surface area contributed by atoms with E-state index < -0.39 is 26.5 Å². The molecule has 0 rings (SSSR count). The predicted molar refractivity (Wildman–Crippen MR) is 252 cm³/mol. The second kappa shape index (κ2) is 46.5. The van der Waals surface area contributed by atoms with Crippen molar-refractivity contribution >= 4 is 19.7 Å². The molecular weight excluding hydrogens is 774 g/mol. The Hall–Kier alpha value is -2.03. The van der Waals surface area contributed by atoms with Crippen molar-refractivity contribution in [2.24, 2.45) is 0 Å². The van der Waals surface area contributed by atoms with E-state index in [2.05, 4.69) is 67.8 Å². The number of ether oxygens (including phenoxy) is 1. The molecule has 0 aromatic carbocycles. The molecule has 3 N–H and O–H groups in total. The van der Waals surface area contributed by atoms with Crippen molar-refractivity contribution in [3.05, 3.63) is 48.6 Å². The van der Waals surface area contributed by atoms with Gasteiger partial charge in [-0.15, -0.1) is 0 Å². The molecule has 2 unspecified atom stereocenters. The second-order valence-electron chi connectivity index (χ2n) is 16.4. The predicted octanol–water partition coefficient (Wildman–Crippen LogP) is 14.3. The average molecular weight is 866 g/mol. The molecule has 350 valence electrons. The fraction of sp³-hybridized carbons (Fsp3) is 0.800. The zero-order valence-electron chi connectivity index (χ0n) is 38.7. The van der Waals surface area contributed by atoms with Gasteiger partial charge in [0.05, 0.1) is 13.2 Å². The van der Waals surface area contributed by atoms with E-state index in [9.17, 15) is 24.2 Å². The van der Waals surface area contributed by atoms with Crippen LogP contribution < -0.4 is 5.32 Å². The highest BCUT2D eigenvalue weighted by Crippen LogP contribution is 2.42. The zero-order chi connectivity index (χ0) is 43.9. The molecule has 0 saturated carbocycles. The number of nitrogens with one attached hydrogen (secondary N) is 1. The molecular formula is C50H92NO8P. The molecule has 0 aliphatic rings. The highest BCUT2D eigenvalue weighted by atomic mass is 31.2. The summed E-state index contributed by atoms with van der Waals surface area (Å²) in [5, 5.41) is 12.7. The van der Waals surface area contributed by atoms with Crippen molar-refractivity contribution in [2.75, 3.05) is 26.4 Å². The number of aliphatic hydroxyl groups excluding tert-OH is 1. The number of unbranched alkanes of at least 4 members (excludes halogenated alkanes) is 25. The fourth-order valence-corrected chi connectivity index (χ4v) is 7.49. The number of hydrogen-bond donors (Lipinski definition) is 3. The van der Waals surface area contributed by atoms with Gasteiger partial charge in [-0.25, -0.2) is 4.57 Å². The maximum absolute atomic E-state index is 12.1. The number of esters is 1. The summed E-state index contributed by atoms with van der Waals surface area (Å²) in [5.41, 5.74) is 0. The van der Waals surface area contributed by atoms with Crippen LogP contribution in [0.5, 0.6) is 0 Å². The zero-order valence-corrected chi connectivity index (χ0v) is 39.5. The van der Waals surface area contributed by atoms with Crippen molar-refractivity contribution in [1.29, 1.82) is 0 Å². The minimum Gasteiger partial charge on any atom is -0.463 e. The number of carbonyl (C=O) groups is 2. The van der Waals surface area contributed by atoms with Crippen LogP contribution in [0.15, 0.2) is 48.6 Å². The summed E-state index contributed by atoms with van der Waals surface area (Å²) in [4.78, 5) is 34.0. The Balaban J connectivity index is 3.58. The minimum atomic E-state index is -4.42. The highest BCUT2D eigenvalue weighted by Gasteiger charge is 2.23. The molecule has 0 spiro atoms. The van der Waals surface area contributed by atoms with Gasteiger partial charge >= 0.3 is 13.8 Å². The summed E-state index contributed by atoms with van der Waals surface area (Å²) in [5.74, 6) is -0.523. The van der Waals surface area contributed by atoms with Crippen LogP contribution in [0.4, 0.5) is 0 Å². The summed E-state index contributed by atoms with van der Waals surface area (Å²) < 4.78 is 27.0. The molecule has 0 heterocycles. The minimum absolute atomic E-state index is 0.0790. The maximum Gasteiger partial charge on any atom is 0.472 e. The maximum atomic E-state index is 12.1. The van der Waals surface area contributed by atoms with Crippen LogP contribution in [0, 0.1) is 0 Å². The van der Waals surface area contributed by atoms with Gasteiger partial charge in [-0.3, -0.25) is 18.6 Å². The van der Waals surface area contributed by atoms with Crippen molar-refractivity contribution < 1.29 is 37.9 Å². The number of phosphoric acid groups is 1. The molecule has 0 radical (unpaired) electrons. The van der Waals surface area contributed by atoms with Crippen molar-refractivity contribution in [3.8, 4) is 0 Å². The van der Waals surface area contributed by atoms with E-state index in [0.29, 0.717) is 6.42 Å². The van der Waals surface area contributed by atoms with Crippen molar-refractivity contribution in [3.63, 3.8) is 0 Å². The van der Waals surface area contributed by atoms with Crippen molar-refractivity contribution in [2.45, 2.75) is 232 Å². The first-order valence-corrected chi connectivity index (χ1v) is 26.1. The lowest BCUT2D eigenvalue weighted by Gasteiger charge is -2.15. The van der Waals surface area contributed by atoms with E-state index >= 15 is 0 Å². The fourth-order valence-electron chi connectivity index (χ4n) is 6.74. The molecule has 0 bridgehead atoms. The van der Waals surface area contributed by atoms with Gasteiger partial charge in [-0.1, -0.05) is 184 Å². The number of amides is 1. The molecule has 0 aromatic rings. The van der Waals surface area contributed by atoms with Crippen LogP contribution in [0.2, 0.25) is 0 Å². The lowest BCUT2D eigenvalue weighted by atomic mass is 10.0. The first-order chi connectivity index (χ1) is 29.3. The molecule has 1 amide bonds. The number of phosphoric ester groups is 1. The summed E-state index contributed by atoms with van der Waals surface area (Å²) in [6.07, 6.45) is 54.7. The third kappa shape index (κ3) is 47.0.